The van der Waals surface area contributed by atoms with Crippen LogP contribution in [-0.2, 0) is 6.54 Å². The van der Waals surface area contributed by atoms with Gasteiger partial charge in [-0.2, -0.15) is 0 Å². The average Bonchev–Trinajstić information content (AvgIpc) is 2.78. The highest BCUT2D eigenvalue weighted by atomic mass is 16.5. The summed E-state index contributed by atoms with van der Waals surface area (Å²) < 4.78 is 5.05. The molecule has 0 unspecified atom stereocenters. The lowest BCUT2D eigenvalue weighted by atomic mass is 10.3. The van der Waals surface area contributed by atoms with Crippen LogP contribution in [0.15, 0.2) is 24.3 Å². The van der Waals surface area contributed by atoms with Crippen molar-refractivity contribution in [2.45, 2.75) is 6.54 Å². The van der Waals surface area contributed by atoms with E-state index in [0.29, 0.717) is 5.82 Å². The molecule has 6 heteroatoms. The standard InChI is InChI=1S/C9H11N5O/c1-15-8-4-2-7(3-5-8)14-12-9(6-10)11-13-14/h2-5H,6,10H2,1H3. The quantitative estimate of drug-likeness (QED) is 0.770. The van der Waals surface area contributed by atoms with Gasteiger partial charge in [-0.1, -0.05) is 0 Å². The molecule has 0 amide bonds. The first-order chi connectivity index (χ1) is 7.33. The Labute approximate surface area is 86.7 Å². The van der Waals surface area contributed by atoms with E-state index in [2.05, 4.69) is 15.4 Å². The van der Waals surface area contributed by atoms with E-state index in [9.17, 15) is 0 Å². The van der Waals surface area contributed by atoms with Crippen molar-refractivity contribution in [2.75, 3.05) is 7.11 Å². The molecule has 0 fully saturated rings. The van der Waals surface area contributed by atoms with Crippen LogP contribution in [0, 0.1) is 0 Å². The van der Waals surface area contributed by atoms with E-state index in [1.165, 1.54) is 4.80 Å². The molecule has 1 aromatic heterocycles. The lowest BCUT2D eigenvalue weighted by Crippen LogP contribution is -2.01. The van der Waals surface area contributed by atoms with Crippen LogP contribution in [0.4, 0.5) is 0 Å². The van der Waals surface area contributed by atoms with Crippen LogP contribution in [0.2, 0.25) is 0 Å². The minimum Gasteiger partial charge on any atom is -0.497 e. The van der Waals surface area contributed by atoms with E-state index >= 15 is 0 Å². The van der Waals surface area contributed by atoms with Crippen LogP contribution < -0.4 is 10.5 Å². The Morgan fingerprint density at radius 3 is 2.60 bits per heavy atom. The van der Waals surface area contributed by atoms with Gasteiger partial charge in [0.2, 0.25) is 0 Å². The first-order valence-corrected chi connectivity index (χ1v) is 4.47. The summed E-state index contributed by atoms with van der Waals surface area (Å²) >= 11 is 0. The second-order valence-corrected chi connectivity index (χ2v) is 2.90. The maximum atomic E-state index is 5.39. The number of tetrazole rings is 1. The Morgan fingerprint density at radius 1 is 1.33 bits per heavy atom. The number of ether oxygens (including phenoxy) is 1. The molecule has 0 spiro atoms. The van der Waals surface area contributed by atoms with Crippen LogP contribution >= 0.6 is 0 Å². The van der Waals surface area contributed by atoms with Crippen LogP contribution in [0.25, 0.3) is 5.69 Å². The third kappa shape index (κ3) is 1.94. The van der Waals surface area contributed by atoms with Crippen molar-refractivity contribution in [3.63, 3.8) is 0 Å². The van der Waals surface area contributed by atoms with Gasteiger partial charge in [0.05, 0.1) is 19.3 Å². The van der Waals surface area contributed by atoms with Crippen molar-refractivity contribution in [2.24, 2.45) is 5.73 Å². The fourth-order valence-corrected chi connectivity index (χ4v) is 1.15. The van der Waals surface area contributed by atoms with E-state index in [-0.39, 0.29) is 6.54 Å². The Bertz CT molecular complexity index is 436. The zero-order valence-electron chi connectivity index (χ0n) is 8.29. The lowest BCUT2D eigenvalue weighted by molar-refractivity contribution is 0.414. The van der Waals surface area contributed by atoms with Gasteiger partial charge < -0.3 is 10.5 Å². The summed E-state index contributed by atoms with van der Waals surface area (Å²) in [7, 11) is 1.62. The molecule has 78 valence electrons. The van der Waals surface area contributed by atoms with Gasteiger partial charge in [-0.3, -0.25) is 0 Å². The summed E-state index contributed by atoms with van der Waals surface area (Å²) in [6.45, 7) is 0.288. The van der Waals surface area contributed by atoms with Gasteiger partial charge in [-0.25, -0.2) is 0 Å². The highest BCUT2D eigenvalue weighted by Gasteiger charge is 2.02. The Hall–Kier alpha value is -1.95. The maximum Gasteiger partial charge on any atom is 0.188 e. The SMILES string of the molecule is COc1ccc(-n2nnc(CN)n2)cc1. The molecule has 2 rings (SSSR count). The summed E-state index contributed by atoms with van der Waals surface area (Å²) in [5.41, 5.74) is 6.21. The fraction of sp³-hybridized carbons (Fsp3) is 0.222. The number of nitrogens with zero attached hydrogens (tertiary/aromatic N) is 4. The normalized spacial score (nSPS) is 10.3. The van der Waals surface area contributed by atoms with Crippen LogP contribution in [0.3, 0.4) is 0 Å². The topological polar surface area (TPSA) is 78.8 Å². The molecule has 0 aliphatic rings. The van der Waals surface area contributed by atoms with Gasteiger partial charge in [-0.05, 0) is 29.5 Å². The van der Waals surface area contributed by atoms with Crippen molar-refractivity contribution in [3.8, 4) is 11.4 Å². The van der Waals surface area contributed by atoms with Gasteiger partial charge in [0.1, 0.15) is 5.75 Å². The number of methoxy groups -OCH3 is 1. The minimum atomic E-state index is 0.288. The zero-order chi connectivity index (χ0) is 10.7. The summed E-state index contributed by atoms with van der Waals surface area (Å²) in [5.74, 6) is 1.31. The molecule has 0 radical (unpaired) electrons. The summed E-state index contributed by atoms with van der Waals surface area (Å²) in [4.78, 5) is 1.43. The smallest absolute Gasteiger partial charge is 0.188 e. The van der Waals surface area contributed by atoms with Crippen molar-refractivity contribution in [1.29, 1.82) is 0 Å². The molecule has 1 heterocycles. The number of nitrogens with two attached hydrogens (primary N) is 1. The van der Waals surface area contributed by atoms with Crippen LogP contribution in [0.5, 0.6) is 5.75 Å². The number of aromatic nitrogens is 4. The third-order valence-corrected chi connectivity index (χ3v) is 1.94. The Balaban J connectivity index is 2.28. The monoisotopic (exact) mass is 205 g/mol. The molecule has 0 saturated carbocycles. The molecule has 2 N–H and O–H groups in total. The minimum absolute atomic E-state index is 0.288. The lowest BCUT2D eigenvalue weighted by Gasteiger charge is -2.00. The van der Waals surface area contributed by atoms with Gasteiger partial charge in [0, 0.05) is 0 Å². The highest BCUT2D eigenvalue weighted by molar-refractivity contribution is 5.35. The molecule has 1 aromatic carbocycles. The molecular weight excluding hydrogens is 194 g/mol. The maximum absolute atomic E-state index is 5.39. The van der Waals surface area contributed by atoms with Crippen molar-refractivity contribution in [1.82, 2.24) is 20.2 Å². The zero-order valence-corrected chi connectivity index (χ0v) is 8.29. The second kappa shape index (κ2) is 4.05. The van der Waals surface area contributed by atoms with Crippen molar-refractivity contribution in [3.05, 3.63) is 30.1 Å². The molecule has 0 saturated heterocycles. The molecule has 0 aliphatic heterocycles. The van der Waals surface area contributed by atoms with E-state index in [4.69, 9.17) is 10.5 Å². The number of hydrogen-bond donors (Lipinski definition) is 1. The van der Waals surface area contributed by atoms with Gasteiger partial charge in [0.15, 0.2) is 5.82 Å². The Kier molecular flexibility index (Phi) is 2.59. The highest BCUT2D eigenvalue weighted by Crippen LogP contribution is 2.12. The first kappa shape index (κ1) is 9.60. The first-order valence-electron chi connectivity index (χ1n) is 4.47. The number of rotatable bonds is 3. The summed E-state index contributed by atoms with van der Waals surface area (Å²) in [5, 5.41) is 11.7. The molecular formula is C9H11N5O. The predicted molar refractivity (Wildman–Crippen MR) is 53.6 cm³/mol. The molecule has 15 heavy (non-hydrogen) atoms. The molecule has 0 atom stereocenters. The molecule has 0 bridgehead atoms. The van der Waals surface area contributed by atoms with Crippen molar-refractivity contribution >= 4 is 0 Å². The fourth-order valence-electron chi connectivity index (χ4n) is 1.15. The van der Waals surface area contributed by atoms with Gasteiger partial charge in [0.25, 0.3) is 0 Å². The largest absolute Gasteiger partial charge is 0.497 e. The van der Waals surface area contributed by atoms with E-state index in [1.807, 2.05) is 24.3 Å². The van der Waals surface area contributed by atoms with E-state index < -0.39 is 0 Å². The van der Waals surface area contributed by atoms with E-state index in [0.717, 1.165) is 11.4 Å². The van der Waals surface area contributed by atoms with E-state index in [1.54, 1.807) is 7.11 Å². The summed E-state index contributed by atoms with van der Waals surface area (Å²) in [6, 6.07) is 7.36. The van der Waals surface area contributed by atoms with Crippen LogP contribution in [-0.4, -0.2) is 27.3 Å². The third-order valence-electron chi connectivity index (χ3n) is 1.94. The summed E-state index contributed by atoms with van der Waals surface area (Å²) in [6.07, 6.45) is 0. The Morgan fingerprint density at radius 2 is 2.07 bits per heavy atom. The predicted octanol–water partition coefficient (Wildman–Crippen LogP) is 0.130. The van der Waals surface area contributed by atoms with Gasteiger partial charge >= 0.3 is 0 Å². The molecule has 2 aromatic rings. The number of benzene rings is 1. The molecule has 0 aliphatic carbocycles. The average molecular weight is 205 g/mol. The van der Waals surface area contributed by atoms with Crippen molar-refractivity contribution < 1.29 is 4.74 Å². The molecule has 6 nitrogen and oxygen atoms in total. The number of hydrogen-bond acceptors (Lipinski definition) is 5. The van der Waals surface area contributed by atoms with Crippen LogP contribution in [0.1, 0.15) is 5.82 Å². The second-order valence-electron chi connectivity index (χ2n) is 2.90. The van der Waals surface area contributed by atoms with Gasteiger partial charge in [-0.15, -0.1) is 15.0 Å².